The minimum atomic E-state index is -0.267. The lowest BCUT2D eigenvalue weighted by molar-refractivity contribution is 0.660. The molecule has 4 heteroatoms. The smallest absolute Gasteiger partial charge is 0.0541 e. The number of fused-ring (bicyclic) bond motifs is 12. The van der Waals surface area contributed by atoms with Crippen LogP contribution in [0.3, 0.4) is 0 Å². The third kappa shape index (κ3) is 7.69. The predicted octanol–water partition coefficient (Wildman–Crippen LogP) is 21.8. The Morgan fingerprint density at radius 3 is 1.01 bits per heavy atom. The summed E-state index contributed by atoms with van der Waals surface area (Å²) in [7, 11) is 0. The summed E-state index contributed by atoms with van der Waals surface area (Å²) in [4.78, 5) is 2.43. The molecule has 1 aliphatic carbocycles. The van der Waals surface area contributed by atoms with Crippen molar-refractivity contribution in [1.82, 2.24) is 13.7 Å². The molecule has 13 aromatic carbocycles. The molecule has 16 aromatic rings. The van der Waals surface area contributed by atoms with Gasteiger partial charge in [0.2, 0.25) is 0 Å². The highest BCUT2D eigenvalue weighted by molar-refractivity contribution is 6.12. The first-order valence-electron chi connectivity index (χ1n) is 29.5. The monoisotopic (exact) mass is 1080 g/mol. The van der Waals surface area contributed by atoms with Crippen molar-refractivity contribution in [3.05, 3.63) is 314 Å². The molecular formula is C81H56N4. The van der Waals surface area contributed by atoms with E-state index in [2.05, 4.69) is 336 Å². The lowest BCUT2D eigenvalue weighted by atomic mass is 9.81. The number of rotatable bonds is 9. The minimum absolute atomic E-state index is 0.267. The van der Waals surface area contributed by atoms with Gasteiger partial charge < -0.3 is 18.6 Å². The number of hydrogen-bond acceptors (Lipinski definition) is 1. The van der Waals surface area contributed by atoms with E-state index in [1.165, 1.54) is 127 Å². The van der Waals surface area contributed by atoms with Crippen LogP contribution in [0.25, 0.3) is 127 Å². The van der Waals surface area contributed by atoms with Gasteiger partial charge in [-0.2, -0.15) is 0 Å². The maximum absolute atomic E-state index is 2.45. The predicted molar refractivity (Wildman–Crippen MR) is 358 cm³/mol. The van der Waals surface area contributed by atoms with Crippen molar-refractivity contribution in [2.24, 2.45) is 0 Å². The van der Waals surface area contributed by atoms with Crippen LogP contribution in [-0.4, -0.2) is 13.7 Å². The number of nitrogens with zero attached hydrogens (tertiary/aromatic N) is 4. The van der Waals surface area contributed by atoms with Crippen molar-refractivity contribution in [3.8, 4) is 61.6 Å². The first-order valence-corrected chi connectivity index (χ1v) is 29.5. The van der Waals surface area contributed by atoms with E-state index in [0.717, 1.165) is 28.4 Å². The summed E-state index contributed by atoms with van der Waals surface area (Å²) in [5.74, 6) is 0. The van der Waals surface area contributed by atoms with Gasteiger partial charge in [-0.25, -0.2) is 0 Å². The van der Waals surface area contributed by atoms with Gasteiger partial charge in [-0.1, -0.05) is 190 Å². The van der Waals surface area contributed by atoms with E-state index in [1.807, 2.05) is 0 Å². The van der Waals surface area contributed by atoms with Crippen LogP contribution in [-0.2, 0) is 5.41 Å². The summed E-state index contributed by atoms with van der Waals surface area (Å²) in [5, 5.41) is 7.53. The van der Waals surface area contributed by atoms with E-state index in [1.54, 1.807) is 0 Å². The van der Waals surface area contributed by atoms with Crippen LogP contribution in [0.1, 0.15) is 25.0 Å². The van der Waals surface area contributed by atoms with Gasteiger partial charge in [-0.15, -0.1) is 0 Å². The molecule has 3 heterocycles. The molecule has 0 radical (unpaired) electrons. The van der Waals surface area contributed by atoms with Crippen LogP contribution in [0.15, 0.2) is 303 Å². The molecule has 0 bridgehead atoms. The van der Waals surface area contributed by atoms with Crippen molar-refractivity contribution in [1.29, 1.82) is 0 Å². The average molecular weight is 1090 g/mol. The third-order valence-corrected chi connectivity index (χ3v) is 18.2. The Bertz CT molecular complexity index is 5240. The van der Waals surface area contributed by atoms with Crippen LogP contribution >= 0.6 is 0 Å². The van der Waals surface area contributed by atoms with E-state index >= 15 is 0 Å². The molecule has 1 aliphatic rings. The Labute approximate surface area is 493 Å². The summed E-state index contributed by atoms with van der Waals surface area (Å²) >= 11 is 0. The summed E-state index contributed by atoms with van der Waals surface area (Å²) < 4.78 is 7.15. The lowest BCUT2D eigenvalue weighted by Gasteiger charge is -2.28. The minimum Gasteiger partial charge on any atom is -0.310 e. The Balaban J connectivity index is 0.740. The van der Waals surface area contributed by atoms with E-state index in [4.69, 9.17) is 0 Å². The molecule has 0 saturated heterocycles. The van der Waals surface area contributed by atoms with Gasteiger partial charge in [0.25, 0.3) is 0 Å². The van der Waals surface area contributed by atoms with Gasteiger partial charge >= 0.3 is 0 Å². The second-order valence-electron chi connectivity index (χ2n) is 23.3. The molecule has 0 aliphatic heterocycles. The molecule has 17 rings (SSSR count). The molecule has 0 fully saturated rings. The quantitative estimate of drug-likeness (QED) is 0.141. The highest BCUT2D eigenvalue weighted by atomic mass is 15.1. The maximum atomic E-state index is 2.45. The SMILES string of the molecule is CC1(C)c2cc(-c3ccc4c(c3)c3ccccc3n4-c3ccccc3)ccc2-c2ccc(N(c3ccc(-c4ccc(-n5c6ccccc6c6ccccc65)cc4)cc3)c3ccc(-c4ccc5c(c4)c4ccccc4n5-c4ccccc4)cc3)cc21. The normalized spacial score (nSPS) is 12.7. The van der Waals surface area contributed by atoms with Gasteiger partial charge in [0.15, 0.2) is 0 Å². The maximum Gasteiger partial charge on any atom is 0.0541 e. The van der Waals surface area contributed by atoms with Crippen molar-refractivity contribution >= 4 is 82.5 Å². The van der Waals surface area contributed by atoms with E-state index in [9.17, 15) is 0 Å². The fourth-order valence-corrected chi connectivity index (χ4v) is 14.1. The molecule has 4 nitrogen and oxygen atoms in total. The molecule has 0 atom stereocenters. The second-order valence-corrected chi connectivity index (χ2v) is 23.3. The first-order chi connectivity index (χ1) is 41.9. The van der Waals surface area contributed by atoms with Crippen LogP contribution < -0.4 is 4.90 Å². The van der Waals surface area contributed by atoms with Gasteiger partial charge in [-0.3, -0.25) is 0 Å². The van der Waals surface area contributed by atoms with Gasteiger partial charge in [0.05, 0.1) is 33.1 Å². The molecule has 0 N–H and O–H groups in total. The van der Waals surface area contributed by atoms with Crippen molar-refractivity contribution in [3.63, 3.8) is 0 Å². The zero-order chi connectivity index (χ0) is 56.3. The topological polar surface area (TPSA) is 18.0 Å². The molecule has 0 saturated carbocycles. The van der Waals surface area contributed by atoms with E-state index < -0.39 is 0 Å². The second kappa shape index (κ2) is 19.1. The number of hydrogen-bond donors (Lipinski definition) is 0. The van der Waals surface area contributed by atoms with Gasteiger partial charge in [0, 0.05) is 71.9 Å². The molecular weight excluding hydrogens is 1030 g/mol. The number of para-hydroxylation sites is 6. The molecule has 3 aromatic heterocycles. The van der Waals surface area contributed by atoms with Gasteiger partial charge in [0.1, 0.15) is 0 Å². The summed E-state index contributed by atoms with van der Waals surface area (Å²) in [6.07, 6.45) is 0. The van der Waals surface area contributed by atoms with Crippen LogP contribution in [0.2, 0.25) is 0 Å². The highest BCUT2D eigenvalue weighted by Crippen LogP contribution is 2.52. The molecule has 0 spiro atoms. The zero-order valence-corrected chi connectivity index (χ0v) is 47.2. The van der Waals surface area contributed by atoms with Crippen LogP contribution in [0.5, 0.6) is 0 Å². The van der Waals surface area contributed by atoms with Gasteiger partial charge in [-0.05, 0) is 183 Å². The summed E-state index contributed by atoms with van der Waals surface area (Å²) in [6.45, 7) is 4.80. The highest BCUT2D eigenvalue weighted by Gasteiger charge is 2.36. The zero-order valence-electron chi connectivity index (χ0n) is 47.2. The Kier molecular flexibility index (Phi) is 10.9. The summed E-state index contributed by atoms with van der Waals surface area (Å²) in [6, 6.07) is 112. The number of anilines is 3. The summed E-state index contributed by atoms with van der Waals surface area (Å²) in [5.41, 5.74) is 26.1. The van der Waals surface area contributed by atoms with Crippen molar-refractivity contribution in [2.45, 2.75) is 19.3 Å². The standard InChI is InChI=1S/C81H56N4/c1-81(2)73-51-58(57-37-48-80-72(50-57)70-24-12-16-28-78(70)84(80)60-19-7-4-8-20-60)35-45-65(73)66-46-44-64(52-74(66)81)82(61-38-29-53(30-39-61)54-31-42-63(43-32-54)85-75-25-13-9-21-67(75)68-22-10-14-26-76(68)85)62-40-33-55(34-41-62)56-36-47-79-71(49-56)69-23-11-15-27-77(69)83(79)59-17-5-3-6-18-59/h3-52H,1-2H3. The van der Waals surface area contributed by atoms with E-state index in [-0.39, 0.29) is 5.41 Å². The average Bonchev–Trinajstić information content (AvgIpc) is 3.19. The lowest BCUT2D eigenvalue weighted by Crippen LogP contribution is -2.16. The van der Waals surface area contributed by atoms with Crippen LogP contribution in [0.4, 0.5) is 17.1 Å². The largest absolute Gasteiger partial charge is 0.310 e. The van der Waals surface area contributed by atoms with E-state index in [0.29, 0.717) is 0 Å². The molecule has 0 amide bonds. The van der Waals surface area contributed by atoms with Crippen LogP contribution in [0, 0.1) is 0 Å². The van der Waals surface area contributed by atoms with Crippen molar-refractivity contribution < 1.29 is 0 Å². The fourth-order valence-electron chi connectivity index (χ4n) is 14.1. The molecule has 400 valence electrons. The third-order valence-electron chi connectivity index (χ3n) is 18.2. The Hall–Kier alpha value is -10.9. The Morgan fingerprint density at radius 1 is 0.235 bits per heavy atom. The fraction of sp³-hybridized carbons (Fsp3) is 0.0370. The number of benzene rings is 13. The molecule has 0 unspecified atom stereocenters. The van der Waals surface area contributed by atoms with Crippen molar-refractivity contribution in [2.75, 3.05) is 4.90 Å². The first kappa shape index (κ1) is 48.7. The Morgan fingerprint density at radius 2 is 0.541 bits per heavy atom. The molecule has 85 heavy (non-hydrogen) atoms. The number of aromatic nitrogens is 3.